The number of urea groups is 1. The van der Waals surface area contributed by atoms with E-state index in [1.54, 1.807) is 0 Å². The number of imide groups is 1. The summed E-state index contributed by atoms with van der Waals surface area (Å²) in [5.41, 5.74) is -2.63. The second kappa shape index (κ2) is 7.27. The minimum absolute atomic E-state index is 0.0119. The first-order valence-corrected chi connectivity index (χ1v) is 9.10. The summed E-state index contributed by atoms with van der Waals surface area (Å²) >= 11 is 1.44. The van der Waals surface area contributed by atoms with E-state index in [9.17, 15) is 27.6 Å². The summed E-state index contributed by atoms with van der Waals surface area (Å²) in [6.45, 7) is 1.04. The highest BCUT2D eigenvalue weighted by atomic mass is 32.1. The van der Waals surface area contributed by atoms with Crippen molar-refractivity contribution >= 4 is 29.2 Å². The molecule has 0 radical (unpaired) electrons. The normalized spacial score (nSPS) is 19.6. The largest absolute Gasteiger partial charge is 0.416 e. The Hall–Kier alpha value is -2.88. The number of halogens is 3. The molecule has 1 aliphatic heterocycles. The van der Waals surface area contributed by atoms with Gasteiger partial charge in [0.1, 0.15) is 12.1 Å². The first-order chi connectivity index (χ1) is 13.1. The predicted octanol–water partition coefficient (Wildman–Crippen LogP) is 2.85. The summed E-state index contributed by atoms with van der Waals surface area (Å²) in [6, 6.07) is 7.00. The van der Waals surface area contributed by atoms with Gasteiger partial charge in [-0.3, -0.25) is 14.5 Å². The van der Waals surface area contributed by atoms with Crippen molar-refractivity contribution in [1.82, 2.24) is 15.5 Å². The van der Waals surface area contributed by atoms with E-state index < -0.39 is 41.7 Å². The Kier molecular flexibility index (Phi) is 5.16. The Balaban J connectivity index is 1.74. The monoisotopic (exact) mass is 411 g/mol. The van der Waals surface area contributed by atoms with E-state index in [4.69, 9.17) is 0 Å². The zero-order chi connectivity index (χ0) is 20.5. The molecule has 6 nitrogen and oxygen atoms in total. The predicted molar refractivity (Wildman–Crippen MR) is 95.2 cm³/mol. The molecule has 0 bridgehead atoms. The van der Waals surface area contributed by atoms with Crippen LogP contribution >= 0.6 is 11.3 Å². The summed E-state index contributed by atoms with van der Waals surface area (Å²) < 4.78 is 38.9. The molecule has 0 spiro atoms. The lowest BCUT2D eigenvalue weighted by atomic mass is 9.90. The second-order valence-electron chi connectivity index (χ2n) is 6.38. The lowest BCUT2D eigenvalue weighted by molar-refractivity contribution is -0.138. The Morgan fingerprint density at radius 1 is 1.25 bits per heavy atom. The van der Waals surface area contributed by atoms with Gasteiger partial charge in [0.05, 0.1) is 12.1 Å². The smallest absolute Gasteiger partial charge is 0.350 e. The molecular weight excluding hydrogens is 395 g/mol. The number of nitrogens with one attached hydrogen (secondary N) is 2. The maximum Gasteiger partial charge on any atom is 0.416 e. The Morgan fingerprint density at radius 3 is 2.64 bits per heavy atom. The summed E-state index contributed by atoms with van der Waals surface area (Å²) in [4.78, 5) is 38.7. The van der Waals surface area contributed by atoms with Gasteiger partial charge in [-0.2, -0.15) is 13.2 Å². The van der Waals surface area contributed by atoms with Crippen molar-refractivity contribution in [3.63, 3.8) is 0 Å². The highest BCUT2D eigenvalue weighted by molar-refractivity contribution is 7.09. The average molecular weight is 411 g/mol. The van der Waals surface area contributed by atoms with Gasteiger partial charge in [0.25, 0.3) is 5.91 Å². The summed E-state index contributed by atoms with van der Waals surface area (Å²) in [5, 5.41) is 6.84. The van der Waals surface area contributed by atoms with Crippen molar-refractivity contribution < 1.29 is 27.6 Å². The molecule has 4 amide bonds. The third-order valence-electron chi connectivity index (χ3n) is 4.38. The van der Waals surface area contributed by atoms with Crippen LogP contribution in [0.2, 0.25) is 0 Å². The molecule has 0 unspecified atom stereocenters. The van der Waals surface area contributed by atoms with Crippen molar-refractivity contribution in [2.45, 2.75) is 25.2 Å². The molecule has 0 saturated carbocycles. The minimum Gasteiger partial charge on any atom is -0.350 e. The quantitative estimate of drug-likeness (QED) is 0.743. The van der Waals surface area contributed by atoms with Crippen molar-refractivity contribution in [1.29, 1.82) is 0 Å². The van der Waals surface area contributed by atoms with E-state index in [1.165, 1.54) is 30.4 Å². The van der Waals surface area contributed by atoms with Gasteiger partial charge in [-0.25, -0.2) is 4.79 Å². The van der Waals surface area contributed by atoms with Crippen LogP contribution in [-0.4, -0.2) is 29.3 Å². The van der Waals surface area contributed by atoms with E-state index in [-0.39, 0.29) is 12.1 Å². The van der Waals surface area contributed by atoms with E-state index in [1.807, 2.05) is 17.5 Å². The lowest BCUT2D eigenvalue weighted by Gasteiger charge is -2.23. The number of hydrogen-bond acceptors (Lipinski definition) is 4. The lowest BCUT2D eigenvalue weighted by Crippen LogP contribution is -2.43. The number of amides is 4. The first-order valence-electron chi connectivity index (χ1n) is 8.22. The topological polar surface area (TPSA) is 78.5 Å². The van der Waals surface area contributed by atoms with Crippen LogP contribution in [0.1, 0.15) is 22.9 Å². The Morgan fingerprint density at radius 2 is 2.00 bits per heavy atom. The number of benzene rings is 1. The van der Waals surface area contributed by atoms with Crippen LogP contribution in [-0.2, 0) is 27.8 Å². The average Bonchev–Trinajstić information content (AvgIpc) is 3.23. The van der Waals surface area contributed by atoms with Gasteiger partial charge in [0.15, 0.2) is 0 Å². The van der Waals surface area contributed by atoms with Crippen molar-refractivity contribution in [2.75, 3.05) is 6.54 Å². The zero-order valence-corrected chi connectivity index (χ0v) is 15.5. The third-order valence-corrected chi connectivity index (χ3v) is 5.26. The number of carbonyl (C=O) groups is 3. The molecule has 1 aromatic carbocycles. The molecule has 1 atom stereocenters. The zero-order valence-electron chi connectivity index (χ0n) is 14.7. The molecule has 1 aromatic heterocycles. The van der Waals surface area contributed by atoms with Gasteiger partial charge in [-0.1, -0.05) is 18.2 Å². The molecule has 2 aromatic rings. The Bertz CT molecular complexity index is 914. The van der Waals surface area contributed by atoms with Crippen LogP contribution in [0, 0.1) is 0 Å². The number of alkyl halides is 3. The molecule has 2 N–H and O–H groups in total. The molecule has 28 heavy (non-hydrogen) atoms. The van der Waals surface area contributed by atoms with Crippen molar-refractivity contribution in [3.05, 3.63) is 57.8 Å². The standard InChI is InChI=1S/C18H16F3N3O3S/c1-17(11-4-2-5-12(8-11)18(19,20)21)15(26)24(16(27)23-17)10-14(25)22-9-13-6-3-7-28-13/h2-8H,9-10H2,1H3,(H,22,25)(H,23,27)/t17-/m0/s1. The fraction of sp³-hybridized carbons (Fsp3) is 0.278. The van der Waals surface area contributed by atoms with Crippen LogP contribution in [0.25, 0.3) is 0 Å². The van der Waals surface area contributed by atoms with Gasteiger partial charge < -0.3 is 10.6 Å². The summed E-state index contributed by atoms with van der Waals surface area (Å²) in [7, 11) is 0. The maximum absolute atomic E-state index is 13.0. The minimum atomic E-state index is -4.58. The van der Waals surface area contributed by atoms with Gasteiger partial charge in [-0.15, -0.1) is 11.3 Å². The van der Waals surface area contributed by atoms with Gasteiger partial charge in [0, 0.05) is 4.88 Å². The van der Waals surface area contributed by atoms with Gasteiger partial charge in [-0.05, 0) is 36.1 Å². The van der Waals surface area contributed by atoms with E-state index in [0.29, 0.717) is 4.90 Å². The first kappa shape index (κ1) is 19.9. The second-order valence-corrected chi connectivity index (χ2v) is 7.41. The van der Waals surface area contributed by atoms with E-state index in [0.717, 1.165) is 17.0 Å². The molecule has 10 heteroatoms. The fourth-order valence-corrected chi connectivity index (χ4v) is 3.49. The number of nitrogens with zero attached hydrogens (tertiary/aromatic N) is 1. The van der Waals surface area contributed by atoms with Crippen LogP contribution in [0.4, 0.5) is 18.0 Å². The number of hydrogen-bond donors (Lipinski definition) is 2. The van der Waals surface area contributed by atoms with Crippen LogP contribution in [0.5, 0.6) is 0 Å². The van der Waals surface area contributed by atoms with Crippen LogP contribution in [0.15, 0.2) is 41.8 Å². The molecule has 1 saturated heterocycles. The van der Waals surface area contributed by atoms with E-state index >= 15 is 0 Å². The Labute approximate surface area is 162 Å². The molecule has 2 heterocycles. The highest BCUT2D eigenvalue weighted by Gasteiger charge is 2.50. The molecule has 1 aliphatic rings. The summed E-state index contributed by atoms with van der Waals surface area (Å²) in [6.07, 6.45) is -4.58. The maximum atomic E-state index is 13.0. The number of thiophene rings is 1. The SMILES string of the molecule is C[C@@]1(c2cccc(C(F)(F)F)c2)NC(=O)N(CC(=O)NCc2cccs2)C1=O. The number of carbonyl (C=O) groups excluding carboxylic acids is 3. The van der Waals surface area contributed by atoms with Gasteiger partial charge in [0.2, 0.25) is 5.91 Å². The van der Waals surface area contributed by atoms with Crippen molar-refractivity contribution in [2.24, 2.45) is 0 Å². The van der Waals surface area contributed by atoms with E-state index in [2.05, 4.69) is 10.6 Å². The fourth-order valence-electron chi connectivity index (χ4n) is 2.84. The third kappa shape index (κ3) is 3.86. The molecule has 1 fully saturated rings. The van der Waals surface area contributed by atoms with Crippen LogP contribution in [0.3, 0.4) is 0 Å². The molecular formula is C18H16F3N3O3S. The van der Waals surface area contributed by atoms with Crippen molar-refractivity contribution in [3.8, 4) is 0 Å². The molecule has 3 rings (SSSR count). The highest BCUT2D eigenvalue weighted by Crippen LogP contribution is 2.34. The van der Waals surface area contributed by atoms with Gasteiger partial charge >= 0.3 is 12.2 Å². The number of rotatable bonds is 5. The molecule has 0 aliphatic carbocycles. The van der Waals surface area contributed by atoms with Crippen LogP contribution < -0.4 is 10.6 Å². The molecule has 148 valence electrons. The summed E-state index contributed by atoms with van der Waals surface area (Å²) in [5.74, 6) is -1.34.